The molecule has 0 bridgehead atoms. The van der Waals surface area contributed by atoms with E-state index in [1.165, 1.54) is 17.7 Å². The Morgan fingerprint density at radius 1 is 1.24 bits per heavy atom. The van der Waals surface area contributed by atoms with Crippen LogP contribution in [0.3, 0.4) is 0 Å². The first kappa shape index (κ1) is 15.4. The highest BCUT2D eigenvalue weighted by molar-refractivity contribution is 7.18. The van der Waals surface area contributed by atoms with Crippen molar-refractivity contribution in [2.45, 2.75) is 6.92 Å². The van der Waals surface area contributed by atoms with Gasteiger partial charge in [0.15, 0.2) is 0 Å². The normalized spacial score (nSPS) is 11.1. The van der Waals surface area contributed by atoms with E-state index in [1.807, 2.05) is 30.8 Å². The van der Waals surface area contributed by atoms with Crippen LogP contribution in [-0.2, 0) is 7.05 Å². The zero-order valence-electron chi connectivity index (χ0n) is 13.6. The number of aromatic nitrogens is 5. The largest absolute Gasteiger partial charge is 0.364 e. The van der Waals surface area contributed by atoms with Crippen molar-refractivity contribution in [1.29, 1.82) is 0 Å². The smallest absolute Gasteiger partial charge is 0.267 e. The summed E-state index contributed by atoms with van der Waals surface area (Å²) in [5.41, 5.74) is 9.02. The quantitative estimate of drug-likeness (QED) is 0.612. The van der Waals surface area contributed by atoms with Crippen molar-refractivity contribution >= 4 is 28.1 Å². The van der Waals surface area contributed by atoms with Crippen LogP contribution >= 0.6 is 11.3 Å². The number of nitrogens with zero attached hydrogens (tertiary/aromatic N) is 5. The average Bonchev–Trinajstić information content (AvgIpc) is 3.18. The van der Waals surface area contributed by atoms with E-state index in [0.29, 0.717) is 5.69 Å². The summed E-state index contributed by atoms with van der Waals surface area (Å²) >= 11 is 1.49. The fraction of sp³-hybridized carbons (Fsp3) is 0.118. The molecule has 0 aliphatic carbocycles. The second kappa shape index (κ2) is 5.75. The monoisotopic (exact) mass is 350 g/mol. The molecule has 0 saturated heterocycles. The van der Waals surface area contributed by atoms with E-state index in [1.54, 1.807) is 18.5 Å². The second-order valence-electron chi connectivity index (χ2n) is 5.65. The van der Waals surface area contributed by atoms with Crippen LogP contribution in [0.5, 0.6) is 0 Å². The molecule has 2 N–H and O–H groups in total. The van der Waals surface area contributed by atoms with Crippen LogP contribution in [-0.4, -0.2) is 30.4 Å². The summed E-state index contributed by atoms with van der Waals surface area (Å²) < 4.78 is 1.98. The average molecular weight is 350 g/mol. The Kier molecular flexibility index (Phi) is 3.54. The molecule has 0 unspecified atom stereocenters. The highest BCUT2D eigenvalue weighted by Crippen LogP contribution is 2.37. The van der Waals surface area contributed by atoms with Gasteiger partial charge >= 0.3 is 0 Å². The van der Waals surface area contributed by atoms with Crippen LogP contribution in [0.15, 0.2) is 37.1 Å². The minimum Gasteiger partial charge on any atom is -0.364 e. The fourth-order valence-corrected chi connectivity index (χ4v) is 3.79. The van der Waals surface area contributed by atoms with E-state index >= 15 is 0 Å². The first-order chi connectivity index (χ1) is 12.0. The summed E-state index contributed by atoms with van der Waals surface area (Å²) in [5.74, 6) is -0.550. The van der Waals surface area contributed by atoms with Gasteiger partial charge in [0.25, 0.3) is 5.91 Å². The summed E-state index contributed by atoms with van der Waals surface area (Å²) in [6.07, 6.45) is 6.86. The van der Waals surface area contributed by atoms with Crippen LogP contribution in [0.1, 0.15) is 16.2 Å². The summed E-state index contributed by atoms with van der Waals surface area (Å²) in [6, 6.07) is 3.65. The minimum absolute atomic E-state index is 0.242. The molecule has 0 atom stereocenters. The zero-order chi connectivity index (χ0) is 17.6. The molecule has 0 aliphatic heterocycles. The molecular formula is C17H14N6OS. The Morgan fingerprint density at radius 2 is 2.00 bits per heavy atom. The summed E-state index contributed by atoms with van der Waals surface area (Å²) in [5, 5.41) is 1.72. The van der Waals surface area contributed by atoms with Crippen molar-refractivity contribution < 1.29 is 4.79 Å². The number of carbonyl (C=O) groups excluding carboxylic acids is 1. The van der Waals surface area contributed by atoms with Gasteiger partial charge in [-0.2, -0.15) is 0 Å². The lowest BCUT2D eigenvalue weighted by atomic mass is 10.1. The van der Waals surface area contributed by atoms with Gasteiger partial charge in [0.2, 0.25) is 0 Å². The number of aryl methyl sites for hydroxylation is 2. The molecule has 0 radical (unpaired) electrons. The van der Waals surface area contributed by atoms with Gasteiger partial charge in [0.05, 0.1) is 16.1 Å². The summed E-state index contributed by atoms with van der Waals surface area (Å²) in [6.45, 7) is 1.92. The van der Waals surface area contributed by atoms with E-state index < -0.39 is 5.91 Å². The molecule has 7 nitrogen and oxygen atoms in total. The number of hydrogen-bond acceptors (Lipinski definition) is 6. The van der Waals surface area contributed by atoms with Crippen molar-refractivity contribution in [3.05, 3.63) is 48.4 Å². The predicted molar refractivity (Wildman–Crippen MR) is 96.1 cm³/mol. The van der Waals surface area contributed by atoms with Gasteiger partial charge in [-0.15, -0.1) is 11.3 Å². The topological polar surface area (TPSA) is 99.6 Å². The van der Waals surface area contributed by atoms with Crippen LogP contribution < -0.4 is 5.73 Å². The van der Waals surface area contributed by atoms with Gasteiger partial charge in [0.1, 0.15) is 22.7 Å². The van der Waals surface area contributed by atoms with Crippen molar-refractivity contribution in [1.82, 2.24) is 24.5 Å². The molecule has 8 heteroatoms. The Balaban J connectivity index is 1.97. The Labute approximate surface area is 147 Å². The van der Waals surface area contributed by atoms with E-state index in [4.69, 9.17) is 5.73 Å². The van der Waals surface area contributed by atoms with E-state index in [-0.39, 0.29) is 5.69 Å². The number of thiazole rings is 1. The predicted octanol–water partition coefficient (Wildman–Crippen LogP) is 2.56. The molecule has 0 aliphatic rings. The second-order valence-corrected chi connectivity index (χ2v) is 6.64. The first-order valence-corrected chi connectivity index (χ1v) is 8.35. The third kappa shape index (κ3) is 2.56. The van der Waals surface area contributed by atoms with E-state index in [2.05, 4.69) is 19.9 Å². The minimum atomic E-state index is -0.550. The number of fused-ring (bicyclic) bond motifs is 1. The molecule has 0 fully saturated rings. The molecule has 124 valence electrons. The molecule has 4 rings (SSSR count). The molecule has 0 aromatic carbocycles. The maximum atomic E-state index is 11.7. The molecule has 1 amide bonds. The molecule has 4 aromatic rings. The van der Waals surface area contributed by atoms with Crippen molar-refractivity contribution in [2.24, 2.45) is 12.8 Å². The molecule has 4 heterocycles. The maximum absolute atomic E-state index is 11.7. The number of carbonyl (C=O) groups is 1. The van der Waals surface area contributed by atoms with Crippen molar-refractivity contribution in [3.8, 4) is 21.1 Å². The van der Waals surface area contributed by atoms with Gasteiger partial charge in [-0.05, 0) is 19.1 Å². The van der Waals surface area contributed by atoms with Crippen LogP contribution in [0, 0.1) is 6.92 Å². The summed E-state index contributed by atoms with van der Waals surface area (Å²) in [4.78, 5) is 29.8. The Bertz CT molecular complexity index is 1100. The third-order valence-electron chi connectivity index (χ3n) is 3.92. The van der Waals surface area contributed by atoms with Gasteiger partial charge in [-0.3, -0.25) is 4.79 Å². The van der Waals surface area contributed by atoms with Crippen LogP contribution in [0.25, 0.3) is 32.0 Å². The first-order valence-electron chi connectivity index (χ1n) is 7.53. The number of nitrogens with two attached hydrogens (primary N) is 1. The fourth-order valence-electron chi connectivity index (χ4n) is 2.76. The van der Waals surface area contributed by atoms with Gasteiger partial charge in [-0.25, -0.2) is 19.9 Å². The van der Waals surface area contributed by atoms with Crippen LogP contribution in [0.4, 0.5) is 0 Å². The molecule has 4 aromatic heterocycles. The van der Waals surface area contributed by atoms with Gasteiger partial charge in [0, 0.05) is 36.6 Å². The third-order valence-corrected chi connectivity index (χ3v) is 5.14. The van der Waals surface area contributed by atoms with Gasteiger partial charge in [-0.1, -0.05) is 0 Å². The Hall–Kier alpha value is -3.13. The lowest BCUT2D eigenvalue weighted by molar-refractivity contribution is 0.0996. The van der Waals surface area contributed by atoms with Gasteiger partial charge < -0.3 is 10.3 Å². The maximum Gasteiger partial charge on any atom is 0.267 e. The highest BCUT2D eigenvalue weighted by Gasteiger charge is 2.19. The molecule has 0 spiro atoms. The Morgan fingerprint density at radius 3 is 2.72 bits per heavy atom. The number of amides is 1. The SMILES string of the molecule is Cc1nc(-c2cncnc2)sc1-c1nc(C(N)=O)cc2ccn(C)c12. The lowest BCUT2D eigenvalue weighted by Crippen LogP contribution is -2.13. The number of primary amides is 1. The lowest BCUT2D eigenvalue weighted by Gasteiger charge is -2.06. The van der Waals surface area contributed by atoms with E-state index in [9.17, 15) is 4.79 Å². The van der Waals surface area contributed by atoms with E-state index in [0.717, 1.165) is 32.0 Å². The zero-order valence-corrected chi connectivity index (χ0v) is 14.4. The van der Waals surface area contributed by atoms with Crippen LogP contribution in [0.2, 0.25) is 0 Å². The number of hydrogen-bond donors (Lipinski definition) is 1. The number of rotatable bonds is 3. The molecule has 25 heavy (non-hydrogen) atoms. The van der Waals surface area contributed by atoms with Crippen molar-refractivity contribution in [3.63, 3.8) is 0 Å². The number of pyridine rings is 1. The standard InChI is InChI=1S/C17H14N6OS/c1-9-15(25-17(21-9)11-6-19-8-20-7-11)13-14-10(3-4-23(14)2)5-12(22-13)16(18)24/h3-8H,1-2H3,(H2,18,24). The highest BCUT2D eigenvalue weighted by atomic mass is 32.1. The molecule has 0 saturated carbocycles. The molecular weight excluding hydrogens is 336 g/mol. The summed E-state index contributed by atoms with van der Waals surface area (Å²) in [7, 11) is 1.94. The van der Waals surface area contributed by atoms with Crippen molar-refractivity contribution in [2.75, 3.05) is 0 Å².